The van der Waals surface area contributed by atoms with E-state index in [1.807, 2.05) is 29.2 Å². The molecular formula is C19H25N3O4. The molecule has 0 aromatic heterocycles. The molecule has 0 aliphatic rings. The van der Waals surface area contributed by atoms with Gasteiger partial charge in [0, 0.05) is 31.0 Å². The average Bonchev–Trinajstić information content (AvgIpc) is 2.64. The summed E-state index contributed by atoms with van der Waals surface area (Å²) in [6, 6.07) is 13.8. The minimum Gasteiger partial charge on any atom is -0.508 e. The second-order valence-electron chi connectivity index (χ2n) is 5.78. The van der Waals surface area contributed by atoms with E-state index in [4.69, 9.17) is 10.2 Å². The second kappa shape index (κ2) is 10.3. The fourth-order valence-corrected chi connectivity index (χ4v) is 2.53. The number of hydrogen-bond acceptors (Lipinski definition) is 5. The average molecular weight is 359 g/mol. The summed E-state index contributed by atoms with van der Waals surface area (Å²) >= 11 is 0. The van der Waals surface area contributed by atoms with E-state index >= 15 is 0 Å². The molecule has 5 N–H and O–H groups in total. The topological polar surface area (TPSA) is 105 Å². The zero-order valence-corrected chi connectivity index (χ0v) is 14.6. The van der Waals surface area contributed by atoms with Gasteiger partial charge in [0.25, 0.3) is 0 Å². The van der Waals surface area contributed by atoms with Gasteiger partial charge in [0.1, 0.15) is 5.75 Å². The van der Waals surface area contributed by atoms with Gasteiger partial charge in [0.05, 0.1) is 13.2 Å². The number of aliphatic hydroxyl groups is 2. The second-order valence-corrected chi connectivity index (χ2v) is 5.78. The number of carbonyl (C=O) groups excluding carboxylic acids is 1. The maximum Gasteiger partial charge on any atom is 0.319 e. The summed E-state index contributed by atoms with van der Waals surface area (Å²) in [7, 11) is 0. The van der Waals surface area contributed by atoms with Gasteiger partial charge in [0.15, 0.2) is 0 Å². The lowest BCUT2D eigenvalue weighted by molar-refractivity contribution is 0.252. The van der Waals surface area contributed by atoms with Gasteiger partial charge in [-0.25, -0.2) is 4.79 Å². The fraction of sp³-hybridized carbons (Fsp3) is 0.316. The first-order chi connectivity index (χ1) is 12.6. The van der Waals surface area contributed by atoms with Crippen LogP contribution in [-0.4, -0.2) is 54.2 Å². The van der Waals surface area contributed by atoms with Crippen molar-refractivity contribution in [1.29, 1.82) is 0 Å². The van der Waals surface area contributed by atoms with Crippen molar-refractivity contribution in [2.45, 2.75) is 6.42 Å². The van der Waals surface area contributed by atoms with Gasteiger partial charge in [-0.05, 0) is 48.4 Å². The van der Waals surface area contributed by atoms with E-state index in [2.05, 4.69) is 10.6 Å². The summed E-state index contributed by atoms with van der Waals surface area (Å²) in [5, 5.41) is 32.9. The SMILES string of the molecule is O=C(NCCc1ccc(O)cc1)Nc1ccc(N(CCO)CCO)cc1. The van der Waals surface area contributed by atoms with Gasteiger partial charge in [-0.2, -0.15) is 0 Å². The summed E-state index contributed by atoms with van der Waals surface area (Å²) < 4.78 is 0. The lowest BCUT2D eigenvalue weighted by atomic mass is 10.1. The van der Waals surface area contributed by atoms with E-state index < -0.39 is 0 Å². The molecule has 26 heavy (non-hydrogen) atoms. The van der Waals surface area contributed by atoms with Crippen LogP contribution in [0.2, 0.25) is 0 Å². The maximum absolute atomic E-state index is 11.9. The number of nitrogens with zero attached hydrogens (tertiary/aromatic N) is 1. The molecule has 2 rings (SSSR count). The largest absolute Gasteiger partial charge is 0.508 e. The molecule has 0 aliphatic carbocycles. The van der Waals surface area contributed by atoms with Gasteiger partial charge in [0.2, 0.25) is 0 Å². The molecule has 0 unspecified atom stereocenters. The molecule has 0 fully saturated rings. The highest BCUT2D eigenvalue weighted by molar-refractivity contribution is 5.89. The van der Waals surface area contributed by atoms with Crippen molar-refractivity contribution in [1.82, 2.24) is 5.32 Å². The summed E-state index contributed by atoms with van der Waals surface area (Å²) in [5.74, 6) is 0.222. The lowest BCUT2D eigenvalue weighted by Crippen LogP contribution is -2.31. The van der Waals surface area contributed by atoms with Crippen LogP contribution >= 0.6 is 0 Å². The number of carbonyl (C=O) groups is 1. The number of anilines is 2. The molecule has 0 aliphatic heterocycles. The number of amides is 2. The normalized spacial score (nSPS) is 10.4. The van der Waals surface area contributed by atoms with Crippen molar-refractivity contribution in [3.8, 4) is 5.75 Å². The molecule has 2 amide bonds. The quantitative estimate of drug-likeness (QED) is 0.467. The van der Waals surface area contributed by atoms with Crippen molar-refractivity contribution >= 4 is 17.4 Å². The van der Waals surface area contributed by atoms with Crippen LogP contribution < -0.4 is 15.5 Å². The number of urea groups is 1. The molecule has 140 valence electrons. The number of phenols is 1. The third-order valence-electron chi connectivity index (χ3n) is 3.87. The first-order valence-corrected chi connectivity index (χ1v) is 8.52. The molecule has 0 bridgehead atoms. The van der Waals surface area contributed by atoms with Crippen LogP contribution in [0.3, 0.4) is 0 Å². The lowest BCUT2D eigenvalue weighted by Gasteiger charge is -2.23. The van der Waals surface area contributed by atoms with Crippen molar-refractivity contribution in [2.75, 3.05) is 43.1 Å². The Kier molecular flexibility index (Phi) is 7.73. The number of nitrogens with one attached hydrogen (secondary N) is 2. The monoisotopic (exact) mass is 359 g/mol. The predicted molar refractivity (Wildman–Crippen MR) is 102 cm³/mol. The van der Waals surface area contributed by atoms with Crippen LogP contribution in [0.4, 0.5) is 16.2 Å². The zero-order valence-electron chi connectivity index (χ0n) is 14.6. The Morgan fingerprint density at radius 2 is 1.54 bits per heavy atom. The number of rotatable bonds is 9. The van der Waals surface area contributed by atoms with E-state index in [1.165, 1.54) is 0 Å². The Hall–Kier alpha value is -2.77. The molecule has 0 atom stereocenters. The van der Waals surface area contributed by atoms with Crippen LogP contribution in [0.5, 0.6) is 5.75 Å². The Morgan fingerprint density at radius 1 is 0.923 bits per heavy atom. The zero-order chi connectivity index (χ0) is 18.8. The van der Waals surface area contributed by atoms with Crippen LogP contribution in [0, 0.1) is 0 Å². The summed E-state index contributed by atoms with van der Waals surface area (Å²) in [6.07, 6.45) is 0.671. The third-order valence-corrected chi connectivity index (χ3v) is 3.87. The first kappa shape index (κ1) is 19.6. The van der Waals surface area contributed by atoms with Crippen LogP contribution in [0.15, 0.2) is 48.5 Å². The number of aromatic hydroxyl groups is 1. The van der Waals surface area contributed by atoms with E-state index in [1.54, 1.807) is 24.3 Å². The van der Waals surface area contributed by atoms with E-state index in [-0.39, 0.29) is 25.0 Å². The number of benzene rings is 2. The Balaban J connectivity index is 1.80. The van der Waals surface area contributed by atoms with Gasteiger partial charge < -0.3 is 30.9 Å². The first-order valence-electron chi connectivity index (χ1n) is 8.52. The molecule has 2 aromatic rings. The molecule has 0 saturated heterocycles. The molecule has 7 heteroatoms. The molecule has 0 heterocycles. The highest BCUT2D eigenvalue weighted by atomic mass is 16.3. The van der Waals surface area contributed by atoms with E-state index in [0.29, 0.717) is 31.7 Å². The Bertz CT molecular complexity index is 668. The van der Waals surface area contributed by atoms with Gasteiger partial charge in [-0.15, -0.1) is 0 Å². The summed E-state index contributed by atoms with van der Waals surface area (Å²) in [6.45, 7) is 1.36. The fourth-order valence-electron chi connectivity index (χ4n) is 2.53. The van der Waals surface area contributed by atoms with Crippen molar-refractivity contribution in [3.63, 3.8) is 0 Å². The van der Waals surface area contributed by atoms with Gasteiger partial charge in [-0.1, -0.05) is 12.1 Å². The molecule has 0 saturated carbocycles. The molecule has 0 radical (unpaired) electrons. The molecular weight excluding hydrogens is 334 g/mol. The van der Waals surface area contributed by atoms with Gasteiger partial charge in [-0.3, -0.25) is 0 Å². The number of aliphatic hydroxyl groups excluding tert-OH is 2. The standard InChI is InChI=1S/C19H25N3O4/c23-13-11-22(12-14-24)17-5-3-16(4-6-17)21-19(26)20-10-9-15-1-7-18(25)8-2-15/h1-8,23-25H,9-14H2,(H2,20,21,26). The minimum atomic E-state index is -0.292. The Morgan fingerprint density at radius 3 is 2.12 bits per heavy atom. The van der Waals surface area contributed by atoms with Gasteiger partial charge >= 0.3 is 6.03 Å². The Labute approximate surface area is 152 Å². The van der Waals surface area contributed by atoms with Crippen molar-refractivity contribution in [3.05, 3.63) is 54.1 Å². The molecule has 7 nitrogen and oxygen atoms in total. The minimum absolute atomic E-state index is 0.00341. The van der Waals surface area contributed by atoms with Crippen LogP contribution in [0.25, 0.3) is 0 Å². The van der Waals surface area contributed by atoms with Crippen LogP contribution in [0.1, 0.15) is 5.56 Å². The molecule has 0 spiro atoms. The third kappa shape index (κ3) is 6.27. The smallest absolute Gasteiger partial charge is 0.319 e. The summed E-state index contributed by atoms with van der Waals surface area (Å²) in [4.78, 5) is 13.8. The van der Waals surface area contributed by atoms with Crippen molar-refractivity contribution < 1.29 is 20.1 Å². The van der Waals surface area contributed by atoms with E-state index in [9.17, 15) is 9.90 Å². The van der Waals surface area contributed by atoms with Crippen LogP contribution in [-0.2, 0) is 6.42 Å². The number of hydrogen-bond donors (Lipinski definition) is 5. The molecule has 2 aromatic carbocycles. The van der Waals surface area contributed by atoms with Crippen molar-refractivity contribution in [2.24, 2.45) is 0 Å². The maximum atomic E-state index is 11.9. The highest BCUT2D eigenvalue weighted by Crippen LogP contribution is 2.17. The summed E-state index contributed by atoms with van der Waals surface area (Å²) in [5.41, 5.74) is 2.55. The predicted octanol–water partition coefficient (Wildman–Crippen LogP) is 1.55. The number of phenolic OH excluding ortho intramolecular Hbond substituents is 1. The van der Waals surface area contributed by atoms with E-state index in [0.717, 1.165) is 11.3 Å². The highest BCUT2D eigenvalue weighted by Gasteiger charge is 2.06.